The van der Waals surface area contributed by atoms with Crippen LogP contribution in [0.3, 0.4) is 0 Å². The molecule has 0 aliphatic carbocycles. The molecule has 3 aliphatic heterocycles. The number of rotatable bonds is 6. The molecule has 2 unspecified atom stereocenters. The summed E-state index contributed by atoms with van der Waals surface area (Å²) in [4.78, 5) is 48.8. The van der Waals surface area contributed by atoms with Crippen LogP contribution in [0, 0.1) is 5.82 Å². The van der Waals surface area contributed by atoms with E-state index in [1.54, 1.807) is 12.3 Å². The Morgan fingerprint density at radius 1 is 1.00 bits per heavy atom. The summed E-state index contributed by atoms with van der Waals surface area (Å²) in [6.07, 6.45) is -5.04. The summed E-state index contributed by atoms with van der Waals surface area (Å²) in [6.45, 7) is 2.27. The number of carboxylic acid groups (broad SMARTS) is 2. The van der Waals surface area contributed by atoms with Gasteiger partial charge in [0, 0.05) is 36.9 Å². The second-order valence-electron chi connectivity index (χ2n) is 13.3. The lowest BCUT2D eigenvalue weighted by Crippen LogP contribution is -2.64. The highest BCUT2D eigenvalue weighted by Crippen LogP contribution is 2.39. The van der Waals surface area contributed by atoms with Gasteiger partial charge in [0.1, 0.15) is 34.9 Å². The average molecular weight is 801 g/mol. The van der Waals surface area contributed by atoms with E-state index in [0.717, 1.165) is 36.6 Å². The topological polar surface area (TPSA) is 188 Å². The van der Waals surface area contributed by atoms with Crippen LogP contribution in [0.25, 0.3) is 32.9 Å². The van der Waals surface area contributed by atoms with Crippen molar-refractivity contribution in [2.45, 2.75) is 55.7 Å². The maximum absolute atomic E-state index is 16.6. The van der Waals surface area contributed by atoms with Crippen molar-refractivity contribution in [1.29, 1.82) is 0 Å². The Balaban J connectivity index is 0.000000367. The van der Waals surface area contributed by atoms with E-state index in [1.807, 2.05) is 29.2 Å². The minimum Gasteiger partial charge on any atom is -0.508 e. The zero-order chi connectivity index (χ0) is 41.2. The number of nitrogens with one attached hydrogen (secondary N) is 1. The van der Waals surface area contributed by atoms with Gasteiger partial charge in [-0.25, -0.2) is 18.8 Å². The van der Waals surface area contributed by atoms with Crippen molar-refractivity contribution >= 4 is 45.4 Å². The summed E-state index contributed by atoms with van der Waals surface area (Å²) in [5, 5.41) is 30.1. The molecule has 3 aliphatic rings. The first-order chi connectivity index (χ1) is 26.2. The fourth-order valence-electron chi connectivity index (χ4n) is 6.82. The van der Waals surface area contributed by atoms with Gasteiger partial charge in [-0.2, -0.15) is 36.3 Å². The van der Waals surface area contributed by atoms with Gasteiger partial charge in [0.2, 0.25) is 0 Å². The van der Waals surface area contributed by atoms with Gasteiger partial charge in [-0.15, -0.1) is 0 Å². The third-order valence-corrected chi connectivity index (χ3v) is 9.48. The largest absolute Gasteiger partial charge is 0.508 e. The van der Waals surface area contributed by atoms with E-state index in [-0.39, 0.29) is 41.0 Å². The van der Waals surface area contributed by atoms with Crippen molar-refractivity contribution in [1.82, 2.24) is 25.2 Å². The number of phenols is 1. The number of carbonyl (C=O) groups excluding carboxylic acids is 1. The highest BCUT2D eigenvalue weighted by atomic mass is 19.4. The predicted molar refractivity (Wildman–Crippen MR) is 184 cm³/mol. The van der Waals surface area contributed by atoms with Crippen LogP contribution in [-0.4, -0.2) is 123 Å². The molecule has 302 valence electrons. The molecule has 7 rings (SSSR count). The van der Waals surface area contributed by atoms with Crippen molar-refractivity contribution in [2.75, 3.05) is 45.3 Å². The molecule has 2 aromatic carbocycles. The monoisotopic (exact) mass is 800 g/mol. The highest BCUT2D eigenvalue weighted by molar-refractivity contribution is 6.00. The fourth-order valence-corrected chi connectivity index (χ4v) is 6.82. The van der Waals surface area contributed by atoms with Crippen molar-refractivity contribution in [2.24, 2.45) is 0 Å². The van der Waals surface area contributed by atoms with Crippen LogP contribution in [0.4, 0.5) is 36.6 Å². The third-order valence-electron chi connectivity index (χ3n) is 9.48. The van der Waals surface area contributed by atoms with E-state index < -0.39 is 35.6 Å². The van der Waals surface area contributed by atoms with Crippen molar-refractivity contribution in [3.05, 3.63) is 48.4 Å². The number of halogens is 7. The summed E-state index contributed by atoms with van der Waals surface area (Å²) >= 11 is 0. The van der Waals surface area contributed by atoms with Crippen LogP contribution in [0.5, 0.6) is 11.8 Å². The molecule has 3 fully saturated rings. The first-order valence-corrected chi connectivity index (χ1v) is 16.9. The molecule has 0 amide bonds. The SMILES string of the molecule is COC(=O)C12CCC(CN(c3nc(OC[C@@H]4CCCN4C)nc4c(F)c(-c5cc(O)cc6ccccc56)ncc34)C1)N2.O=C(O)C(F)(F)F.O=C(O)C(F)(F)F. The molecule has 0 spiro atoms. The molecule has 56 heavy (non-hydrogen) atoms. The molecule has 14 nitrogen and oxygen atoms in total. The number of benzene rings is 2. The zero-order valence-electron chi connectivity index (χ0n) is 29.6. The number of alkyl halides is 6. The van der Waals surface area contributed by atoms with Gasteiger partial charge in [0.25, 0.3) is 0 Å². The molecular formula is C35H35F7N6O8. The van der Waals surface area contributed by atoms with E-state index in [1.165, 1.54) is 13.2 Å². The Kier molecular flexibility index (Phi) is 12.1. The molecule has 4 N–H and O–H groups in total. The van der Waals surface area contributed by atoms with Crippen LogP contribution in [-0.2, 0) is 19.1 Å². The van der Waals surface area contributed by atoms with Gasteiger partial charge in [-0.1, -0.05) is 24.3 Å². The number of piperazine rings is 1. The molecule has 5 heterocycles. The number of likely N-dealkylation sites (N-methyl/N-ethyl adjacent to an activating group) is 1. The fraction of sp³-hybridized carbons (Fsp3) is 0.429. The van der Waals surface area contributed by atoms with E-state index in [0.29, 0.717) is 42.9 Å². The van der Waals surface area contributed by atoms with E-state index >= 15 is 4.39 Å². The Bertz CT molecular complexity index is 2100. The third kappa shape index (κ3) is 9.10. The first kappa shape index (κ1) is 41.6. The summed E-state index contributed by atoms with van der Waals surface area (Å²) in [7, 11) is 3.46. The van der Waals surface area contributed by atoms with Crippen LogP contribution in [0.2, 0.25) is 0 Å². The standard InChI is InChI=1S/C31H33FN6O4.2C2HF3O2/c1-37-11-5-7-20(37)16-42-30-34-27-24(28(35-30)38-15-19-9-10-31(17-38,36-19)29(40)41-2)14-33-26(25(27)32)23-13-21(39)12-18-6-3-4-8-22(18)23;2*3-2(4,5)1(6)7/h3-4,6,8,12-14,19-20,36,39H,5,7,9-11,15-17H2,1-2H3;2*(H,6,7)/t19?,20-,31?;;/m0../s1. The van der Waals surface area contributed by atoms with Crippen molar-refractivity contribution < 1.29 is 69.9 Å². The van der Waals surface area contributed by atoms with Crippen LogP contribution in [0.15, 0.2) is 42.6 Å². The van der Waals surface area contributed by atoms with Gasteiger partial charge in [0.15, 0.2) is 5.82 Å². The van der Waals surface area contributed by atoms with Gasteiger partial charge < -0.3 is 34.6 Å². The Morgan fingerprint density at radius 2 is 1.66 bits per heavy atom. The second kappa shape index (κ2) is 16.3. The number of aromatic nitrogens is 3. The predicted octanol–water partition coefficient (Wildman–Crippen LogP) is 4.91. The number of ether oxygens (including phenoxy) is 2. The lowest BCUT2D eigenvalue weighted by atomic mass is 9.97. The number of nitrogens with zero attached hydrogens (tertiary/aromatic N) is 5. The first-order valence-electron chi connectivity index (χ1n) is 16.9. The van der Waals surface area contributed by atoms with Gasteiger partial charge in [0.05, 0.1) is 12.5 Å². The summed E-state index contributed by atoms with van der Waals surface area (Å²) < 4.78 is 91.3. The minimum absolute atomic E-state index is 0.0162. The number of aliphatic carboxylic acids is 2. The Hall–Kier alpha value is -5.57. The average Bonchev–Trinajstić information content (AvgIpc) is 3.70. The number of esters is 1. The molecule has 0 saturated carbocycles. The van der Waals surface area contributed by atoms with Crippen molar-refractivity contribution in [3.8, 4) is 23.0 Å². The molecule has 0 radical (unpaired) electrons. The number of likely N-dealkylation sites (tertiary alicyclic amines) is 1. The number of carbonyl (C=O) groups is 3. The molecule has 2 bridgehead atoms. The van der Waals surface area contributed by atoms with E-state index in [4.69, 9.17) is 34.3 Å². The van der Waals surface area contributed by atoms with Gasteiger partial charge in [-0.3, -0.25) is 10.3 Å². The normalized spacial score (nSPS) is 20.8. The van der Waals surface area contributed by atoms with Gasteiger partial charge in [-0.05, 0) is 62.2 Å². The van der Waals surface area contributed by atoms with Crippen LogP contribution in [0.1, 0.15) is 25.7 Å². The number of hydrogen-bond donors (Lipinski definition) is 4. The number of pyridine rings is 1. The summed E-state index contributed by atoms with van der Waals surface area (Å²) in [5.41, 5.74) is -0.253. The lowest BCUT2D eigenvalue weighted by Gasteiger charge is -2.40. The lowest BCUT2D eigenvalue weighted by molar-refractivity contribution is -0.193. The highest BCUT2D eigenvalue weighted by Gasteiger charge is 2.51. The molecule has 3 saturated heterocycles. The van der Waals surface area contributed by atoms with Crippen LogP contribution >= 0.6 is 0 Å². The molecule has 21 heteroatoms. The summed E-state index contributed by atoms with van der Waals surface area (Å²) in [5.74, 6) is -5.98. The van der Waals surface area contributed by atoms with E-state index in [2.05, 4.69) is 27.2 Å². The number of hydrogen-bond acceptors (Lipinski definition) is 12. The van der Waals surface area contributed by atoms with Crippen molar-refractivity contribution in [3.63, 3.8) is 0 Å². The minimum atomic E-state index is -5.08. The molecule has 2 aromatic heterocycles. The van der Waals surface area contributed by atoms with E-state index in [9.17, 15) is 36.2 Å². The van der Waals surface area contributed by atoms with Gasteiger partial charge >= 0.3 is 36.3 Å². The molecule has 3 atom stereocenters. The smallest absolute Gasteiger partial charge is 0.490 e. The molecular weight excluding hydrogens is 765 g/mol. The zero-order valence-corrected chi connectivity index (χ0v) is 29.6. The molecule has 4 aromatic rings. The number of anilines is 1. The maximum Gasteiger partial charge on any atom is 0.490 e. The number of carboxylic acids is 2. The quantitative estimate of drug-likeness (QED) is 0.152. The number of methoxy groups -OCH3 is 1. The Morgan fingerprint density at radius 3 is 2.27 bits per heavy atom. The maximum atomic E-state index is 16.6. The second-order valence-corrected chi connectivity index (χ2v) is 13.3. The number of fused-ring (bicyclic) bond motifs is 4. The number of phenolic OH excluding ortho intramolecular Hbond substituents is 1. The van der Waals surface area contributed by atoms with Crippen LogP contribution < -0.4 is 15.0 Å². The summed E-state index contributed by atoms with van der Waals surface area (Å²) in [6, 6.07) is 11.0. The Labute approximate surface area is 312 Å². The number of aromatic hydroxyl groups is 1.